The predicted molar refractivity (Wildman–Crippen MR) is 93.2 cm³/mol. The van der Waals surface area contributed by atoms with E-state index in [0.717, 1.165) is 47.1 Å². The first-order chi connectivity index (χ1) is 11.3. The fraction of sp³-hybridized carbons (Fsp3) is 0.278. The lowest BCUT2D eigenvalue weighted by molar-refractivity contribution is 0.891. The first-order valence-corrected chi connectivity index (χ1v) is 8.01. The Morgan fingerprint density at radius 2 is 1.87 bits per heavy atom. The Hall–Kier alpha value is -2.69. The highest BCUT2D eigenvalue weighted by Gasteiger charge is 2.16. The van der Waals surface area contributed by atoms with Gasteiger partial charge in [-0.05, 0) is 31.9 Å². The highest BCUT2D eigenvalue weighted by Crippen LogP contribution is 2.25. The van der Waals surface area contributed by atoms with Crippen molar-refractivity contribution in [1.82, 2.24) is 15.0 Å². The summed E-state index contributed by atoms with van der Waals surface area (Å²) in [5.41, 5.74) is 2.89. The number of aromatic nitrogens is 3. The largest absolute Gasteiger partial charge is 0.341 e. The fourth-order valence-corrected chi connectivity index (χ4v) is 3.02. The third-order valence-electron chi connectivity index (χ3n) is 4.13. The minimum absolute atomic E-state index is 0.817. The Labute approximate surface area is 135 Å². The lowest BCUT2D eigenvalue weighted by atomic mass is 10.2. The molecule has 0 amide bonds. The molecule has 1 aliphatic rings. The zero-order valence-corrected chi connectivity index (χ0v) is 13.2. The van der Waals surface area contributed by atoms with Crippen molar-refractivity contribution in [2.75, 3.05) is 23.3 Å². The predicted octanol–water partition coefficient (Wildman–Crippen LogP) is 3.68. The summed E-state index contributed by atoms with van der Waals surface area (Å²) in [7, 11) is 0. The van der Waals surface area contributed by atoms with Gasteiger partial charge in [-0.2, -0.15) is 4.98 Å². The van der Waals surface area contributed by atoms with Crippen molar-refractivity contribution in [3.63, 3.8) is 0 Å². The summed E-state index contributed by atoms with van der Waals surface area (Å²) >= 11 is 0. The van der Waals surface area contributed by atoms with E-state index in [4.69, 9.17) is 4.98 Å². The molecule has 4 rings (SSSR count). The monoisotopic (exact) mass is 305 g/mol. The molecule has 0 aliphatic carbocycles. The lowest BCUT2D eigenvalue weighted by Crippen LogP contribution is -2.21. The molecule has 1 aliphatic heterocycles. The molecule has 2 aromatic heterocycles. The summed E-state index contributed by atoms with van der Waals surface area (Å²) in [5.74, 6) is 1.63. The standard InChI is InChI=1S/C18H19N5/c1-13-12-16(22-18(20-13)23-10-2-3-11-23)21-15-8-4-6-14-7-5-9-19-17(14)15/h4-9,12H,2-3,10-11H2,1H3,(H,20,21,22). The minimum atomic E-state index is 0.817. The topological polar surface area (TPSA) is 53.9 Å². The number of pyridine rings is 1. The van der Waals surface area contributed by atoms with Gasteiger partial charge in [0.05, 0.1) is 11.2 Å². The van der Waals surface area contributed by atoms with E-state index in [-0.39, 0.29) is 0 Å². The second-order valence-electron chi connectivity index (χ2n) is 5.89. The Balaban J connectivity index is 1.70. The zero-order valence-electron chi connectivity index (χ0n) is 13.2. The minimum Gasteiger partial charge on any atom is -0.341 e. The maximum atomic E-state index is 4.69. The van der Waals surface area contributed by atoms with E-state index in [0.29, 0.717) is 0 Å². The summed E-state index contributed by atoms with van der Waals surface area (Å²) in [5, 5.41) is 4.53. The van der Waals surface area contributed by atoms with Crippen LogP contribution in [0.15, 0.2) is 42.6 Å². The van der Waals surface area contributed by atoms with E-state index in [1.54, 1.807) is 0 Å². The summed E-state index contributed by atoms with van der Waals surface area (Å²) in [6.45, 7) is 4.09. The highest BCUT2D eigenvalue weighted by atomic mass is 15.3. The Bertz CT molecular complexity index is 834. The number of nitrogens with zero attached hydrogens (tertiary/aromatic N) is 4. The zero-order chi connectivity index (χ0) is 15.6. The van der Waals surface area contributed by atoms with Gasteiger partial charge >= 0.3 is 0 Å². The van der Waals surface area contributed by atoms with Crippen molar-refractivity contribution in [3.8, 4) is 0 Å². The van der Waals surface area contributed by atoms with E-state index < -0.39 is 0 Å². The summed E-state index contributed by atoms with van der Waals surface area (Å²) in [4.78, 5) is 16.0. The molecule has 1 fully saturated rings. The van der Waals surface area contributed by atoms with Gasteiger partial charge in [-0.3, -0.25) is 4.98 Å². The summed E-state index contributed by atoms with van der Waals surface area (Å²) in [6, 6.07) is 12.1. The number of anilines is 3. The van der Waals surface area contributed by atoms with Crippen LogP contribution in [0.1, 0.15) is 18.5 Å². The molecule has 0 radical (unpaired) electrons. The molecule has 0 saturated carbocycles. The van der Waals surface area contributed by atoms with Crippen molar-refractivity contribution in [3.05, 3.63) is 48.3 Å². The normalized spacial score (nSPS) is 14.4. The second kappa shape index (κ2) is 5.83. The van der Waals surface area contributed by atoms with E-state index in [1.165, 1.54) is 12.8 Å². The van der Waals surface area contributed by atoms with Crippen LogP contribution >= 0.6 is 0 Å². The van der Waals surface area contributed by atoms with Gasteiger partial charge < -0.3 is 10.2 Å². The maximum Gasteiger partial charge on any atom is 0.227 e. The van der Waals surface area contributed by atoms with Crippen LogP contribution in [-0.2, 0) is 0 Å². The third kappa shape index (κ3) is 2.82. The number of hydrogen-bond donors (Lipinski definition) is 1. The van der Waals surface area contributed by atoms with Gasteiger partial charge in [0.1, 0.15) is 5.82 Å². The van der Waals surface area contributed by atoms with Crippen LogP contribution in [0.5, 0.6) is 0 Å². The van der Waals surface area contributed by atoms with E-state index in [1.807, 2.05) is 37.4 Å². The van der Waals surface area contributed by atoms with Crippen LogP contribution < -0.4 is 10.2 Å². The average Bonchev–Trinajstić information content (AvgIpc) is 3.09. The van der Waals surface area contributed by atoms with Crippen molar-refractivity contribution in [2.45, 2.75) is 19.8 Å². The molecule has 116 valence electrons. The number of rotatable bonds is 3. The molecular weight excluding hydrogens is 286 g/mol. The lowest BCUT2D eigenvalue weighted by Gasteiger charge is -2.17. The number of hydrogen-bond acceptors (Lipinski definition) is 5. The smallest absolute Gasteiger partial charge is 0.227 e. The van der Waals surface area contributed by atoms with E-state index in [9.17, 15) is 0 Å². The van der Waals surface area contributed by atoms with Crippen molar-refractivity contribution >= 4 is 28.4 Å². The number of benzene rings is 1. The SMILES string of the molecule is Cc1cc(Nc2cccc3cccnc23)nc(N2CCCC2)n1. The van der Waals surface area contributed by atoms with Gasteiger partial charge in [0.25, 0.3) is 0 Å². The van der Waals surface area contributed by atoms with Crippen LogP contribution in [-0.4, -0.2) is 28.0 Å². The van der Waals surface area contributed by atoms with Gasteiger partial charge in [0, 0.05) is 36.4 Å². The highest BCUT2D eigenvalue weighted by molar-refractivity contribution is 5.91. The van der Waals surface area contributed by atoms with E-state index >= 15 is 0 Å². The van der Waals surface area contributed by atoms with Crippen LogP contribution in [0.2, 0.25) is 0 Å². The molecule has 0 unspecified atom stereocenters. The van der Waals surface area contributed by atoms with Crippen molar-refractivity contribution in [2.24, 2.45) is 0 Å². The maximum absolute atomic E-state index is 4.69. The third-order valence-corrected chi connectivity index (χ3v) is 4.13. The molecule has 23 heavy (non-hydrogen) atoms. The van der Waals surface area contributed by atoms with Crippen LogP contribution in [0.3, 0.4) is 0 Å². The molecule has 3 aromatic rings. The van der Waals surface area contributed by atoms with Gasteiger partial charge in [0.15, 0.2) is 0 Å². The van der Waals surface area contributed by atoms with Gasteiger partial charge in [-0.1, -0.05) is 18.2 Å². The first kappa shape index (κ1) is 13.9. The first-order valence-electron chi connectivity index (χ1n) is 8.01. The summed E-state index contributed by atoms with van der Waals surface area (Å²) < 4.78 is 0. The summed E-state index contributed by atoms with van der Waals surface area (Å²) in [6.07, 6.45) is 4.25. The van der Waals surface area contributed by atoms with Gasteiger partial charge in [-0.25, -0.2) is 4.98 Å². The van der Waals surface area contributed by atoms with E-state index in [2.05, 4.69) is 32.3 Å². The molecular formula is C18H19N5. The van der Waals surface area contributed by atoms with Crippen molar-refractivity contribution < 1.29 is 0 Å². The van der Waals surface area contributed by atoms with Crippen LogP contribution in [0.25, 0.3) is 10.9 Å². The molecule has 1 N–H and O–H groups in total. The molecule has 5 nitrogen and oxygen atoms in total. The average molecular weight is 305 g/mol. The Morgan fingerprint density at radius 1 is 1.04 bits per heavy atom. The van der Waals surface area contributed by atoms with Crippen LogP contribution in [0.4, 0.5) is 17.5 Å². The Kier molecular flexibility index (Phi) is 3.54. The fourth-order valence-electron chi connectivity index (χ4n) is 3.02. The molecule has 0 bridgehead atoms. The number of fused-ring (bicyclic) bond motifs is 1. The van der Waals surface area contributed by atoms with Crippen molar-refractivity contribution in [1.29, 1.82) is 0 Å². The molecule has 3 heterocycles. The van der Waals surface area contributed by atoms with Gasteiger partial charge in [-0.15, -0.1) is 0 Å². The number of nitrogens with one attached hydrogen (secondary N) is 1. The number of aryl methyl sites for hydroxylation is 1. The molecule has 5 heteroatoms. The molecule has 0 spiro atoms. The van der Waals surface area contributed by atoms with Crippen LogP contribution in [0, 0.1) is 6.92 Å². The number of para-hydroxylation sites is 1. The van der Waals surface area contributed by atoms with Gasteiger partial charge in [0.2, 0.25) is 5.95 Å². The molecule has 1 aromatic carbocycles. The Morgan fingerprint density at radius 3 is 2.74 bits per heavy atom. The quantitative estimate of drug-likeness (QED) is 0.800. The molecule has 1 saturated heterocycles. The molecule has 0 atom stereocenters. The second-order valence-corrected chi connectivity index (χ2v) is 5.89.